The summed E-state index contributed by atoms with van der Waals surface area (Å²) >= 11 is 22.6. The Morgan fingerprint density at radius 1 is 0.879 bits per heavy atom. The molecule has 0 heterocycles. The van der Waals surface area contributed by atoms with Crippen LogP contribution in [0.15, 0.2) is 30.3 Å². The van der Waals surface area contributed by atoms with Crippen molar-refractivity contribution in [3.63, 3.8) is 0 Å². The van der Waals surface area contributed by atoms with Crippen LogP contribution in [0.25, 0.3) is 0 Å². The zero-order valence-corrected chi connectivity index (χ0v) is 18.9. The fourth-order valence-electron chi connectivity index (χ4n) is 2.44. The van der Waals surface area contributed by atoms with Crippen LogP contribution in [-0.2, 0) is 12.4 Å². The van der Waals surface area contributed by atoms with Gasteiger partial charge in [-0.2, -0.15) is 26.3 Å². The summed E-state index contributed by atoms with van der Waals surface area (Å²) in [6, 6.07) is 1.57. The van der Waals surface area contributed by atoms with Gasteiger partial charge in [0.1, 0.15) is 5.69 Å². The van der Waals surface area contributed by atoms with Crippen molar-refractivity contribution >= 4 is 81.1 Å². The van der Waals surface area contributed by atoms with E-state index in [0.29, 0.717) is 12.1 Å². The molecule has 0 aromatic heterocycles. The summed E-state index contributed by atoms with van der Waals surface area (Å²) in [5.74, 6) is 0. The van der Waals surface area contributed by atoms with Crippen molar-refractivity contribution in [2.75, 3.05) is 4.31 Å². The van der Waals surface area contributed by atoms with Gasteiger partial charge in [-0.3, -0.25) is 24.5 Å². The van der Waals surface area contributed by atoms with Crippen molar-refractivity contribution in [3.05, 3.63) is 66.7 Å². The van der Waals surface area contributed by atoms with Crippen LogP contribution in [0.3, 0.4) is 0 Å². The molecule has 0 spiro atoms. The Labute approximate surface area is 203 Å². The molecule has 0 radical (unpaired) electrons. The second kappa shape index (κ2) is 9.41. The fraction of sp³-hybridized carbons (Fsp3) is 0.200. The Hall–Kier alpha value is -1.87. The van der Waals surface area contributed by atoms with E-state index < -0.39 is 64.2 Å². The molecule has 0 atom stereocenters. The predicted molar refractivity (Wildman–Crippen MR) is 111 cm³/mol. The van der Waals surface area contributed by atoms with Crippen LogP contribution in [-0.4, -0.2) is 13.0 Å². The average Bonchev–Trinajstić information content (AvgIpc) is 2.63. The Kier molecular flexibility index (Phi) is 7.80. The highest BCUT2D eigenvalue weighted by Gasteiger charge is 2.44. The molecule has 0 saturated carbocycles. The molecule has 0 aliphatic rings. The molecule has 0 fully saturated rings. The summed E-state index contributed by atoms with van der Waals surface area (Å²) in [6.45, 7) is 0. The van der Waals surface area contributed by atoms with Gasteiger partial charge in [0.25, 0.3) is 8.81 Å². The summed E-state index contributed by atoms with van der Waals surface area (Å²) < 4.78 is 78.7. The van der Waals surface area contributed by atoms with Crippen LogP contribution in [0.1, 0.15) is 11.1 Å². The molecule has 0 saturated heterocycles. The van der Waals surface area contributed by atoms with Crippen LogP contribution in [0.4, 0.5) is 49.1 Å². The minimum Gasteiger partial charge on any atom is -0.272 e. The molecule has 0 aliphatic carbocycles. The van der Waals surface area contributed by atoms with Crippen LogP contribution in [0, 0.1) is 20.2 Å². The van der Waals surface area contributed by atoms with E-state index in [1.54, 1.807) is 0 Å². The summed E-state index contributed by atoms with van der Waals surface area (Å²) in [5, 5.41) is 22.0. The van der Waals surface area contributed by atoms with E-state index >= 15 is 0 Å². The van der Waals surface area contributed by atoms with Gasteiger partial charge in [0, 0.05) is 18.0 Å². The molecule has 2 aromatic carbocycles. The summed E-state index contributed by atoms with van der Waals surface area (Å²) in [6.07, 6.45) is -10.5. The number of halogens is 10. The molecular weight excluding hydrogens is 574 g/mol. The molecule has 180 valence electrons. The fourth-order valence-corrected chi connectivity index (χ4v) is 4.05. The molecule has 2 aromatic rings. The lowest BCUT2D eigenvalue weighted by molar-refractivity contribution is -0.394. The van der Waals surface area contributed by atoms with Crippen LogP contribution in [0.5, 0.6) is 0 Å². The van der Waals surface area contributed by atoms with E-state index in [-0.39, 0.29) is 34.5 Å². The smallest absolute Gasteiger partial charge is 0.272 e. The normalized spacial score (nSPS) is 12.5. The largest absolute Gasteiger partial charge is 0.418 e. The SMILES string of the molecule is O=[N+]([O-])c1cc([N+](=O)[O-])c(N(SC(Cl)(Cl)Cl)c2cc(C(F)(F)F)ccc2Cl)c(C(F)(F)F)c1. The minimum atomic E-state index is -5.47. The first kappa shape index (κ1) is 27.4. The lowest BCUT2D eigenvalue weighted by Crippen LogP contribution is -2.21. The van der Waals surface area contributed by atoms with Crippen molar-refractivity contribution in [2.24, 2.45) is 0 Å². The Bertz CT molecular complexity index is 1110. The number of nitrogens with zero attached hydrogens (tertiary/aromatic N) is 3. The molecular formula is C15H5Cl4F6N3O4S. The molecule has 33 heavy (non-hydrogen) atoms. The number of hydrogen-bond acceptors (Lipinski definition) is 6. The second-order valence-corrected chi connectivity index (χ2v) is 10.4. The van der Waals surface area contributed by atoms with Crippen LogP contribution >= 0.6 is 58.4 Å². The monoisotopic (exact) mass is 577 g/mol. The minimum absolute atomic E-state index is 0.0459. The highest BCUT2D eigenvalue weighted by Crippen LogP contribution is 2.55. The van der Waals surface area contributed by atoms with Crippen molar-refractivity contribution in [3.8, 4) is 0 Å². The number of non-ortho nitro benzene ring substituents is 1. The third-order valence-corrected chi connectivity index (χ3v) is 5.39. The van der Waals surface area contributed by atoms with Gasteiger partial charge in [0.05, 0.1) is 37.7 Å². The quantitative estimate of drug-likeness (QED) is 0.116. The Balaban J connectivity index is 3.03. The van der Waals surface area contributed by atoms with Gasteiger partial charge >= 0.3 is 18.0 Å². The first-order chi connectivity index (χ1) is 14.8. The number of benzene rings is 2. The van der Waals surface area contributed by atoms with Crippen molar-refractivity contribution < 1.29 is 36.2 Å². The highest BCUT2D eigenvalue weighted by molar-refractivity contribution is 8.06. The lowest BCUT2D eigenvalue weighted by atomic mass is 10.1. The first-order valence-electron chi connectivity index (χ1n) is 7.79. The summed E-state index contributed by atoms with van der Waals surface area (Å²) in [4.78, 5) is 19.9. The predicted octanol–water partition coefficient (Wildman–Crippen LogP) is 8.31. The topological polar surface area (TPSA) is 89.5 Å². The third kappa shape index (κ3) is 6.59. The molecule has 2 rings (SSSR count). The zero-order chi connectivity index (χ0) is 25.5. The van der Waals surface area contributed by atoms with Crippen LogP contribution in [0.2, 0.25) is 5.02 Å². The standard InChI is InChI=1S/C15H5Cl4F6N3O4S/c16-9-2-1-6(13(20,21)22)3-10(9)26(33-15(17,18)19)12-8(14(23,24)25)4-7(27(29)30)5-11(12)28(31)32/h1-5H. The molecule has 0 N–H and O–H groups in total. The molecule has 0 aliphatic heterocycles. The van der Waals surface area contributed by atoms with E-state index in [0.717, 1.165) is 0 Å². The van der Waals surface area contributed by atoms with Gasteiger partial charge in [-0.1, -0.05) is 46.4 Å². The van der Waals surface area contributed by atoms with Crippen molar-refractivity contribution in [1.82, 2.24) is 0 Å². The van der Waals surface area contributed by atoms with Gasteiger partial charge in [-0.15, -0.1) is 0 Å². The Morgan fingerprint density at radius 2 is 1.45 bits per heavy atom. The van der Waals surface area contributed by atoms with E-state index in [2.05, 4.69) is 0 Å². The molecule has 0 unspecified atom stereocenters. The maximum Gasteiger partial charge on any atom is 0.418 e. The van der Waals surface area contributed by atoms with E-state index in [4.69, 9.17) is 46.4 Å². The van der Waals surface area contributed by atoms with Gasteiger partial charge in [-0.25, -0.2) is 0 Å². The molecule has 7 nitrogen and oxygen atoms in total. The highest BCUT2D eigenvalue weighted by atomic mass is 35.6. The van der Waals surface area contributed by atoms with Crippen LogP contribution < -0.4 is 4.31 Å². The average molecular weight is 579 g/mol. The third-order valence-electron chi connectivity index (χ3n) is 3.68. The second-order valence-electron chi connectivity index (χ2n) is 5.87. The van der Waals surface area contributed by atoms with E-state index in [1.165, 1.54) is 0 Å². The zero-order valence-electron chi connectivity index (χ0n) is 15.0. The molecule has 0 amide bonds. The van der Waals surface area contributed by atoms with Gasteiger partial charge in [0.15, 0.2) is 0 Å². The summed E-state index contributed by atoms with van der Waals surface area (Å²) in [7, 11) is 0. The maximum absolute atomic E-state index is 13.8. The number of hydrogen-bond donors (Lipinski definition) is 0. The molecule has 18 heteroatoms. The van der Waals surface area contributed by atoms with E-state index in [1.807, 2.05) is 0 Å². The number of anilines is 2. The van der Waals surface area contributed by atoms with Gasteiger partial charge in [0.2, 0.25) is 0 Å². The van der Waals surface area contributed by atoms with Gasteiger partial charge in [-0.05, 0) is 18.2 Å². The van der Waals surface area contributed by atoms with E-state index in [9.17, 15) is 46.6 Å². The Morgan fingerprint density at radius 3 is 1.88 bits per heavy atom. The number of nitro benzene ring substituents is 2. The van der Waals surface area contributed by atoms with Crippen molar-refractivity contribution in [2.45, 2.75) is 15.5 Å². The number of nitro groups is 2. The first-order valence-corrected chi connectivity index (χ1v) is 10.1. The lowest BCUT2D eigenvalue weighted by Gasteiger charge is -2.29. The number of rotatable bonds is 5. The van der Waals surface area contributed by atoms with Gasteiger partial charge < -0.3 is 0 Å². The maximum atomic E-state index is 13.8. The summed E-state index contributed by atoms with van der Waals surface area (Å²) in [5.41, 5.74) is -8.49. The van der Waals surface area contributed by atoms with Crippen molar-refractivity contribution in [1.29, 1.82) is 0 Å². The molecule has 0 bridgehead atoms. The number of alkyl halides is 9.